The van der Waals surface area contributed by atoms with E-state index in [1.807, 2.05) is 31.2 Å². The Hall–Kier alpha value is -3.09. The number of benzene rings is 2. The van der Waals surface area contributed by atoms with Crippen molar-refractivity contribution in [3.8, 4) is 11.1 Å². The Bertz CT molecular complexity index is 998. The van der Waals surface area contributed by atoms with Gasteiger partial charge in [-0.15, -0.1) is 5.10 Å². The Morgan fingerprint density at radius 3 is 2.41 bits per heavy atom. The molecule has 0 fully saturated rings. The fourth-order valence-corrected chi connectivity index (χ4v) is 3.23. The van der Waals surface area contributed by atoms with E-state index in [9.17, 15) is 18.7 Å². The van der Waals surface area contributed by atoms with E-state index in [-0.39, 0.29) is 12.0 Å². The van der Waals surface area contributed by atoms with Gasteiger partial charge in [0.1, 0.15) is 5.82 Å². The molecule has 0 aliphatic heterocycles. The van der Waals surface area contributed by atoms with Gasteiger partial charge in [0, 0.05) is 12.8 Å². The summed E-state index contributed by atoms with van der Waals surface area (Å²) in [5.74, 6) is -3.94. The lowest BCUT2D eigenvalue weighted by Gasteiger charge is -2.10. The zero-order valence-electron chi connectivity index (χ0n) is 16.4. The van der Waals surface area contributed by atoms with Crippen LogP contribution in [0.15, 0.2) is 48.5 Å². The van der Waals surface area contributed by atoms with E-state index in [2.05, 4.69) is 10.1 Å². The van der Waals surface area contributed by atoms with E-state index in [0.717, 1.165) is 11.1 Å². The van der Waals surface area contributed by atoms with Gasteiger partial charge < -0.3 is 5.11 Å². The summed E-state index contributed by atoms with van der Waals surface area (Å²) in [5.41, 5.74) is 2.50. The fraction of sp³-hybridized carbons (Fsp3) is 0.318. The van der Waals surface area contributed by atoms with Gasteiger partial charge in [0.2, 0.25) is 5.82 Å². The first kappa shape index (κ1) is 20.6. The molecule has 0 spiro atoms. The van der Waals surface area contributed by atoms with Crippen molar-refractivity contribution in [2.24, 2.45) is 0 Å². The molecular weight excluding hydrogens is 376 g/mol. The maximum Gasteiger partial charge on any atom is 0.336 e. The van der Waals surface area contributed by atoms with E-state index in [0.29, 0.717) is 30.8 Å². The zero-order valence-corrected chi connectivity index (χ0v) is 16.4. The highest BCUT2D eigenvalue weighted by atomic mass is 19.3. The molecule has 0 unspecified atom stereocenters. The molecular formula is C22H23F2N3O2. The molecule has 0 atom stereocenters. The number of aromatic carboxylic acids is 1. The minimum Gasteiger partial charge on any atom is -0.478 e. The second kappa shape index (κ2) is 8.51. The molecule has 0 amide bonds. The van der Waals surface area contributed by atoms with Gasteiger partial charge in [0.25, 0.3) is 0 Å². The summed E-state index contributed by atoms with van der Waals surface area (Å²) < 4.78 is 29.9. The molecule has 0 bridgehead atoms. The monoisotopic (exact) mass is 399 g/mol. The number of carboxylic acid groups (broad SMARTS) is 1. The Balaban J connectivity index is 1.86. The van der Waals surface area contributed by atoms with E-state index in [1.54, 1.807) is 31.2 Å². The molecule has 3 aromatic rings. The van der Waals surface area contributed by atoms with Crippen LogP contribution in [0.5, 0.6) is 0 Å². The second-order valence-corrected chi connectivity index (χ2v) is 6.86. The normalized spacial score (nSPS) is 11.6. The molecule has 5 nitrogen and oxygen atoms in total. The van der Waals surface area contributed by atoms with Gasteiger partial charge in [0.05, 0.1) is 12.1 Å². The summed E-state index contributed by atoms with van der Waals surface area (Å²) in [6.45, 7) is 3.88. The van der Waals surface area contributed by atoms with Crippen molar-refractivity contribution in [2.75, 3.05) is 0 Å². The maximum atomic E-state index is 14.2. The molecule has 0 radical (unpaired) electrons. The van der Waals surface area contributed by atoms with Crippen LogP contribution in [0.25, 0.3) is 11.1 Å². The van der Waals surface area contributed by atoms with E-state index in [1.165, 1.54) is 4.68 Å². The molecule has 0 saturated carbocycles. The predicted octanol–water partition coefficient (Wildman–Crippen LogP) is 5.15. The number of carbonyl (C=O) groups is 1. The number of alkyl halides is 2. The van der Waals surface area contributed by atoms with Crippen LogP contribution in [0.4, 0.5) is 8.78 Å². The van der Waals surface area contributed by atoms with Crippen LogP contribution in [0.1, 0.15) is 54.3 Å². The largest absolute Gasteiger partial charge is 0.478 e. The summed E-state index contributed by atoms with van der Waals surface area (Å²) in [6, 6.07) is 14.1. The van der Waals surface area contributed by atoms with Crippen molar-refractivity contribution < 1.29 is 18.7 Å². The van der Waals surface area contributed by atoms with Crippen molar-refractivity contribution in [3.05, 3.63) is 71.3 Å². The zero-order chi connectivity index (χ0) is 21.0. The van der Waals surface area contributed by atoms with Gasteiger partial charge in [-0.25, -0.2) is 14.5 Å². The van der Waals surface area contributed by atoms with Crippen molar-refractivity contribution in [3.63, 3.8) is 0 Å². The Labute approximate surface area is 168 Å². The van der Waals surface area contributed by atoms with E-state index >= 15 is 0 Å². The minimum absolute atomic E-state index is 0.229. The van der Waals surface area contributed by atoms with Gasteiger partial charge in [0.15, 0.2) is 0 Å². The third kappa shape index (κ3) is 4.50. The van der Waals surface area contributed by atoms with Gasteiger partial charge in [-0.2, -0.15) is 8.78 Å². The molecule has 29 heavy (non-hydrogen) atoms. The molecule has 0 aliphatic carbocycles. The van der Waals surface area contributed by atoms with Crippen molar-refractivity contribution in [2.45, 2.75) is 45.6 Å². The SMILES string of the molecule is CCCC(F)(F)c1nc(CC)n(Cc2ccc(-c3ccccc3C(=O)O)cc2)n1. The molecule has 152 valence electrons. The number of halogens is 2. The highest BCUT2D eigenvalue weighted by Crippen LogP contribution is 2.31. The minimum atomic E-state index is -3.03. The number of nitrogens with zero attached hydrogens (tertiary/aromatic N) is 3. The average Bonchev–Trinajstić information content (AvgIpc) is 3.12. The molecule has 0 aliphatic rings. The van der Waals surface area contributed by atoms with Crippen molar-refractivity contribution in [1.29, 1.82) is 0 Å². The number of aryl methyl sites for hydroxylation is 1. The number of rotatable bonds is 8. The van der Waals surface area contributed by atoms with Crippen molar-refractivity contribution in [1.82, 2.24) is 14.8 Å². The quantitative estimate of drug-likeness (QED) is 0.569. The Morgan fingerprint density at radius 2 is 1.79 bits per heavy atom. The molecule has 1 aromatic heterocycles. The van der Waals surface area contributed by atoms with Crippen LogP contribution in [-0.4, -0.2) is 25.8 Å². The Kier molecular flexibility index (Phi) is 6.06. The summed E-state index contributed by atoms with van der Waals surface area (Å²) in [7, 11) is 0. The Morgan fingerprint density at radius 1 is 1.10 bits per heavy atom. The van der Waals surface area contributed by atoms with Crippen LogP contribution in [0.2, 0.25) is 0 Å². The predicted molar refractivity (Wildman–Crippen MR) is 106 cm³/mol. The summed E-state index contributed by atoms with van der Waals surface area (Å²) in [5, 5.41) is 13.4. The average molecular weight is 399 g/mol. The first-order chi connectivity index (χ1) is 13.9. The van der Waals surface area contributed by atoms with Crippen molar-refractivity contribution >= 4 is 5.97 Å². The summed E-state index contributed by atoms with van der Waals surface area (Å²) in [6.07, 6.45) is 0.569. The highest BCUT2D eigenvalue weighted by molar-refractivity contribution is 5.95. The highest BCUT2D eigenvalue weighted by Gasteiger charge is 2.35. The van der Waals surface area contributed by atoms with E-state index in [4.69, 9.17) is 0 Å². The van der Waals surface area contributed by atoms with Gasteiger partial charge in [-0.3, -0.25) is 0 Å². The van der Waals surface area contributed by atoms with Gasteiger partial charge >= 0.3 is 11.9 Å². The smallest absolute Gasteiger partial charge is 0.336 e. The third-order valence-electron chi connectivity index (χ3n) is 4.71. The topological polar surface area (TPSA) is 68.0 Å². The molecule has 2 aromatic carbocycles. The van der Waals surface area contributed by atoms with Crippen LogP contribution in [0, 0.1) is 0 Å². The standard InChI is InChI=1S/C22H23F2N3O2/c1-3-13-22(23,24)21-25-19(4-2)27(26-21)14-15-9-11-16(12-10-15)17-7-5-6-8-18(17)20(28)29/h5-12H,3-4,13-14H2,1-2H3,(H,28,29). The lowest BCUT2D eigenvalue weighted by atomic mass is 9.99. The summed E-state index contributed by atoms with van der Waals surface area (Å²) in [4.78, 5) is 15.5. The molecule has 7 heteroatoms. The summed E-state index contributed by atoms with van der Waals surface area (Å²) >= 11 is 0. The molecule has 1 heterocycles. The third-order valence-corrected chi connectivity index (χ3v) is 4.71. The first-order valence-electron chi connectivity index (χ1n) is 9.59. The van der Waals surface area contributed by atoms with E-state index < -0.39 is 17.7 Å². The molecule has 1 N–H and O–H groups in total. The van der Waals surface area contributed by atoms with Crippen LogP contribution in [0.3, 0.4) is 0 Å². The first-order valence-corrected chi connectivity index (χ1v) is 9.59. The lowest BCUT2D eigenvalue weighted by Crippen LogP contribution is -2.15. The number of aromatic nitrogens is 3. The maximum absolute atomic E-state index is 14.2. The van der Waals surface area contributed by atoms with Crippen LogP contribution in [-0.2, 0) is 18.9 Å². The van der Waals surface area contributed by atoms with Gasteiger partial charge in [-0.05, 0) is 29.2 Å². The number of carboxylic acids is 1. The lowest BCUT2D eigenvalue weighted by molar-refractivity contribution is -0.0232. The molecule has 0 saturated heterocycles. The van der Waals surface area contributed by atoms with Crippen LogP contribution >= 0.6 is 0 Å². The number of hydrogen-bond donors (Lipinski definition) is 1. The number of hydrogen-bond acceptors (Lipinski definition) is 3. The fourth-order valence-electron chi connectivity index (χ4n) is 3.23. The molecule has 3 rings (SSSR count). The second-order valence-electron chi connectivity index (χ2n) is 6.86. The van der Waals surface area contributed by atoms with Gasteiger partial charge in [-0.1, -0.05) is 56.3 Å². The van der Waals surface area contributed by atoms with Crippen LogP contribution < -0.4 is 0 Å².